The first-order chi connectivity index (χ1) is 25.9. The zero-order valence-corrected chi connectivity index (χ0v) is 32.3. The normalized spacial score (nSPS) is 33.2. The molecule has 4 N–H and O–H groups in total. The van der Waals surface area contributed by atoms with Gasteiger partial charge in [-0.05, 0) is 134 Å². The van der Waals surface area contributed by atoms with Crippen molar-refractivity contribution in [1.82, 2.24) is 0 Å². The molecule has 8 nitrogen and oxygen atoms in total. The summed E-state index contributed by atoms with van der Waals surface area (Å²) in [5.41, 5.74) is 8.05. The molecule has 1 amide bonds. The molecule has 4 fully saturated rings. The number of carbonyl (C=O) groups is 2. The second-order valence-electron chi connectivity index (χ2n) is 18.3. The van der Waals surface area contributed by atoms with Gasteiger partial charge in [0.15, 0.2) is 5.60 Å². The zero-order valence-electron chi connectivity index (χ0n) is 32.3. The molecule has 8 heteroatoms. The van der Waals surface area contributed by atoms with E-state index >= 15 is 0 Å². The number of anilines is 1. The van der Waals surface area contributed by atoms with E-state index < -0.39 is 11.6 Å². The number of carbonyl (C=O) groups excluding carboxylic acids is 2. The van der Waals surface area contributed by atoms with Crippen LogP contribution >= 0.6 is 0 Å². The van der Waals surface area contributed by atoms with E-state index in [9.17, 15) is 19.8 Å². The minimum Gasteiger partial charge on any atom is -0.508 e. The summed E-state index contributed by atoms with van der Waals surface area (Å²) in [6.45, 7) is 9.91. The van der Waals surface area contributed by atoms with Gasteiger partial charge in [-0.2, -0.15) is 0 Å². The Balaban J connectivity index is 1.05. The average Bonchev–Trinajstić information content (AvgIpc) is 3.66. The van der Waals surface area contributed by atoms with Gasteiger partial charge < -0.3 is 30.3 Å². The Morgan fingerprint density at radius 3 is 2.26 bits per heavy atom. The number of nitrogens with two attached hydrogens (primary N) is 1. The van der Waals surface area contributed by atoms with Gasteiger partial charge in [0.05, 0.1) is 17.8 Å². The molecule has 0 radical (unpaired) electrons. The highest BCUT2D eigenvalue weighted by molar-refractivity contribution is 6.07. The fourth-order valence-electron chi connectivity index (χ4n) is 13.7. The van der Waals surface area contributed by atoms with Crippen LogP contribution in [0.1, 0.15) is 125 Å². The van der Waals surface area contributed by atoms with Crippen molar-refractivity contribution in [1.29, 1.82) is 0 Å². The second kappa shape index (κ2) is 12.8. The first-order valence-electron chi connectivity index (χ1n) is 20.7. The van der Waals surface area contributed by atoms with Crippen molar-refractivity contribution in [2.75, 3.05) is 11.4 Å². The van der Waals surface area contributed by atoms with Crippen molar-refractivity contribution in [3.8, 4) is 23.0 Å². The van der Waals surface area contributed by atoms with Crippen molar-refractivity contribution in [2.45, 2.75) is 110 Å². The molecule has 4 saturated carbocycles. The zero-order chi connectivity index (χ0) is 37.7. The Kier molecular flexibility index (Phi) is 8.42. The summed E-state index contributed by atoms with van der Waals surface area (Å²) in [5.74, 6) is 4.39. The highest BCUT2D eigenvalue weighted by atomic mass is 16.6. The number of hydrogen-bond donors (Lipinski definition) is 3. The van der Waals surface area contributed by atoms with E-state index in [1.54, 1.807) is 24.3 Å². The molecule has 3 aromatic carbocycles. The third kappa shape index (κ3) is 4.96. The number of phenols is 2. The van der Waals surface area contributed by atoms with Crippen LogP contribution in [0.25, 0.3) is 0 Å². The predicted molar refractivity (Wildman–Crippen MR) is 208 cm³/mol. The molecule has 4 aliphatic carbocycles. The molecule has 6 aliphatic rings. The van der Waals surface area contributed by atoms with Gasteiger partial charge in [-0.1, -0.05) is 52.7 Å². The molecule has 0 saturated heterocycles. The summed E-state index contributed by atoms with van der Waals surface area (Å²) in [4.78, 5) is 30.3. The predicted octanol–water partition coefficient (Wildman–Crippen LogP) is 9.42. The smallest absolute Gasteiger partial charge is 0.342 e. The molecule has 286 valence electrons. The maximum atomic E-state index is 14.3. The quantitative estimate of drug-likeness (QED) is 0.216. The van der Waals surface area contributed by atoms with Crippen LogP contribution < -0.4 is 15.4 Å². The summed E-state index contributed by atoms with van der Waals surface area (Å²) in [6, 6.07) is 15.0. The van der Waals surface area contributed by atoms with E-state index in [1.165, 1.54) is 63.5 Å². The summed E-state index contributed by atoms with van der Waals surface area (Å²) in [7, 11) is 0. The van der Waals surface area contributed by atoms with Gasteiger partial charge >= 0.3 is 5.97 Å². The topological polar surface area (TPSA) is 122 Å². The molecule has 0 bridgehead atoms. The molecular formula is C46H56N2O6. The van der Waals surface area contributed by atoms with Gasteiger partial charge in [0.2, 0.25) is 5.91 Å². The Hall–Kier alpha value is -4.04. The van der Waals surface area contributed by atoms with Crippen LogP contribution in [-0.4, -0.2) is 34.7 Å². The number of benzene rings is 3. The lowest BCUT2D eigenvalue weighted by Crippen LogP contribution is -2.56. The Morgan fingerprint density at radius 1 is 0.889 bits per heavy atom. The summed E-state index contributed by atoms with van der Waals surface area (Å²) in [6.07, 6.45) is 13.3. The van der Waals surface area contributed by atoms with Gasteiger partial charge in [0.1, 0.15) is 23.0 Å². The van der Waals surface area contributed by atoms with Crippen LogP contribution in [0.15, 0.2) is 54.6 Å². The average molecular weight is 733 g/mol. The number of phenolic OH excluding ortho intramolecular Hbond substituents is 2. The van der Waals surface area contributed by atoms with Crippen LogP contribution in [0.4, 0.5) is 5.69 Å². The van der Waals surface area contributed by atoms with Gasteiger partial charge in [0.25, 0.3) is 0 Å². The van der Waals surface area contributed by atoms with Crippen molar-refractivity contribution >= 4 is 17.6 Å². The van der Waals surface area contributed by atoms with Crippen LogP contribution in [-0.2, 0) is 15.1 Å². The van der Waals surface area contributed by atoms with E-state index in [2.05, 4.69) is 27.7 Å². The van der Waals surface area contributed by atoms with Crippen molar-refractivity contribution in [3.63, 3.8) is 0 Å². The summed E-state index contributed by atoms with van der Waals surface area (Å²) in [5, 5.41) is 20.8. The van der Waals surface area contributed by atoms with Crippen molar-refractivity contribution in [2.24, 2.45) is 52.1 Å². The van der Waals surface area contributed by atoms with Gasteiger partial charge in [0, 0.05) is 34.9 Å². The SMILES string of the molecule is CCC[C@@H](C)[C@H]1CCC2C3CCC4CC(N(C(=O)CN)c5cccc6c5C(=O)OC65c6ccc(O)cc6Oc6cc(O)ccc65)CC[C@]4(C)C3CC[C@@]21C. The molecule has 9 atom stereocenters. The molecular weight excluding hydrogens is 677 g/mol. The van der Waals surface area contributed by atoms with E-state index in [0.29, 0.717) is 50.8 Å². The fourth-order valence-corrected chi connectivity index (χ4v) is 13.7. The fraction of sp³-hybridized carbons (Fsp3) is 0.565. The van der Waals surface area contributed by atoms with E-state index in [0.717, 1.165) is 48.9 Å². The molecule has 3 aromatic rings. The van der Waals surface area contributed by atoms with E-state index in [4.69, 9.17) is 15.2 Å². The molecule has 2 aliphatic heterocycles. The maximum absolute atomic E-state index is 14.3. The monoisotopic (exact) mass is 732 g/mol. The number of hydrogen-bond acceptors (Lipinski definition) is 7. The molecule has 54 heavy (non-hydrogen) atoms. The number of esters is 1. The second-order valence-corrected chi connectivity index (χ2v) is 18.3. The van der Waals surface area contributed by atoms with Crippen molar-refractivity contribution in [3.05, 3.63) is 76.9 Å². The van der Waals surface area contributed by atoms with Crippen LogP contribution in [0.2, 0.25) is 0 Å². The summed E-state index contributed by atoms with van der Waals surface area (Å²) >= 11 is 0. The van der Waals surface area contributed by atoms with E-state index in [1.807, 2.05) is 23.1 Å². The lowest BCUT2D eigenvalue weighted by molar-refractivity contribution is -0.123. The first-order valence-corrected chi connectivity index (χ1v) is 20.7. The third-order valence-corrected chi connectivity index (χ3v) is 16.0. The van der Waals surface area contributed by atoms with Crippen LogP contribution in [0.3, 0.4) is 0 Å². The maximum Gasteiger partial charge on any atom is 0.342 e. The first kappa shape index (κ1) is 35.6. The molecule has 1 spiro atoms. The lowest BCUT2D eigenvalue weighted by Gasteiger charge is -2.62. The van der Waals surface area contributed by atoms with Gasteiger partial charge in [-0.15, -0.1) is 0 Å². The number of amides is 1. The van der Waals surface area contributed by atoms with E-state index in [-0.39, 0.29) is 35.4 Å². The molecule has 2 heterocycles. The number of rotatable bonds is 6. The largest absolute Gasteiger partial charge is 0.508 e. The summed E-state index contributed by atoms with van der Waals surface area (Å²) < 4.78 is 12.6. The van der Waals surface area contributed by atoms with Crippen LogP contribution in [0.5, 0.6) is 23.0 Å². The molecule has 0 aromatic heterocycles. The van der Waals surface area contributed by atoms with Crippen molar-refractivity contribution < 1.29 is 29.3 Å². The standard InChI is InChI=1S/C46H56N2O6/c1-5-7-26(2)32-16-17-33-31-13-10-27-22-28(18-20-44(27,3)34(31)19-21-45(32,33)4)48(41(51)25-47)38-9-6-8-37-42(38)43(52)54-46(37)35-14-11-29(49)23-39(35)53-40-24-30(50)12-15-36(40)46/h6,8-9,11-12,14-15,23-24,26-28,31-34,49-50H,5,7,10,13,16-22,25,47H2,1-4H3/t26-,27?,28?,31?,32-,33?,34?,44+,45-/m1/s1. The number of nitrogens with zero attached hydrogens (tertiary/aromatic N) is 1. The minimum atomic E-state index is -1.41. The molecule has 9 rings (SSSR count). The Labute approximate surface area is 319 Å². The minimum absolute atomic E-state index is 0.0000966. The number of aromatic hydroxyl groups is 2. The molecule has 5 unspecified atom stereocenters. The van der Waals surface area contributed by atoms with Gasteiger partial charge in [-0.3, -0.25) is 4.79 Å². The highest BCUT2D eigenvalue weighted by Gasteiger charge is 2.61. The van der Waals surface area contributed by atoms with Crippen LogP contribution in [0, 0.1) is 46.3 Å². The third-order valence-electron chi connectivity index (χ3n) is 16.0. The highest BCUT2D eigenvalue weighted by Crippen LogP contribution is 2.69. The number of ether oxygens (including phenoxy) is 2. The Morgan fingerprint density at radius 2 is 1.57 bits per heavy atom. The Bertz CT molecular complexity index is 1960. The number of fused-ring (bicyclic) bond motifs is 11. The van der Waals surface area contributed by atoms with Gasteiger partial charge in [-0.25, -0.2) is 4.79 Å². The lowest BCUT2D eigenvalue weighted by atomic mass is 9.44.